The van der Waals surface area contributed by atoms with E-state index in [0.717, 1.165) is 33.4 Å². The van der Waals surface area contributed by atoms with E-state index in [2.05, 4.69) is 15.0 Å². The molecule has 3 aromatic heterocycles. The third-order valence-electron chi connectivity index (χ3n) is 5.69. The molecule has 0 atom stereocenters. The van der Waals surface area contributed by atoms with Crippen LogP contribution in [0.3, 0.4) is 0 Å². The van der Waals surface area contributed by atoms with Crippen molar-refractivity contribution in [1.82, 2.24) is 23.5 Å². The van der Waals surface area contributed by atoms with Crippen LogP contribution in [0.5, 0.6) is 0 Å². The Morgan fingerprint density at radius 3 is 2.55 bits per heavy atom. The summed E-state index contributed by atoms with van der Waals surface area (Å²) in [6, 6.07) is 9.88. The summed E-state index contributed by atoms with van der Waals surface area (Å²) in [5.41, 5.74) is 4.95. The summed E-state index contributed by atoms with van der Waals surface area (Å²) in [5.74, 6) is 0. The van der Waals surface area contributed by atoms with E-state index < -0.39 is 5.60 Å². The minimum atomic E-state index is -0.497. The number of benzene rings is 1. The van der Waals surface area contributed by atoms with Crippen LogP contribution in [0.25, 0.3) is 27.7 Å². The lowest BCUT2D eigenvalue weighted by molar-refractivity contribution is 0.0240. The van der Waals surface area contributed by atoms with E-state index in [9.17, 15) is 8.68 Å². The summed E-state index contributed by atoms with van der Waals surface area (Å²) in [6.45, 7) is 8.26. The normalized spacial score (nSPS) is 14.9. The number of pyridine rings is 1. The van der Waals surface area contributed by atoms with E-state index in [4.69, 9.17) is 4.74 Å². The average molecular weight is 469 g/mol. The van der Waals surface area contributed by atoms with Gasteiger partial charge in [0, 0.05) is 37.9 Å². The first kappa shape index (κ1) is 21.6. The lowest BCUT2D eigenvalue weighted by Gasteiger charge is -2.36. The van der Waals surface area contributed by atoms with Crippen LogP contribution in [-0.2, 0) is 4.74 Å². The SMILES string of the molecule is CC(C)(C)OC(=O)N1CCN(c2cnn3cc(-c4ccc5ncn(SF)c5c4)ccc23)CC1. The maximum Gasteiger partial charge on any atom is 0.410 e. The highest BCUT2D eigenvalue weighted by molar-refractivity contribution is 7.92. The molecule has 8 nitrogen and oxygen atoms in total. The minimum absolute atomic E-state index is 0.134. The molecule has 10 heteroatoms. The zero-order valence-electron chi connectivity index (χ0n) is 18.7. The number of imidazole rings is 1. The highest BCUT2D eigenvalue weighted by Crippen LogP contribution is 2.29. The Morgan fingerprint density at radius 2 is 1.82 bits per heavy atom. The van der Waals surface area contributed by atoms with Crippen LogP contribution in [0.15, 0.2) is 49.1 Å². The Bertz CT molecular complexity index is 1320. The maximum absolute atomic E-state index is 13.1. The first-order chi connectivity index (χ1) is 15.8. The average Bonchev–Trinajstić information content (AvgIpc) is 3.41. The molecule has 1 aliphatic heterocycles. The molecule has 4 aromatic rings. The number of rotatable bonds is 3. The molecule has 4 heterocycles. The summed E-state index contributed by atoms with van der Waals surface area (Å²) in [4.78, 5) is 20.5. The number of hydrogen-bond donors (Lipinski definition) is 0. The molecule has 0 radical (unpaired) electrons. The first-order valence-electron chi connectivity index (χ1n) is 10.8. The summed E-state index contributed by atoms with van der Waals surface area (Å²) in [5, 5.41) is 4.56. The summed E-state index contributed by atoms with van der Waals surface area (Å²) >= 11 is 0.134. The van der Waals surface area contributed by atoms with Crippen LogP contribution >= 0.6 is 12.3 Å². The van der Waals surface area contributed by atoms with E-state index >= 15 is 0 Å². The van der Waals surface area contributed by atoms with Crippen LogP contribution in [0, 0.1) is 0 Å². The molecule has 0 aliphatic carbocycles. The lowest BCUT2D eigenvalue weighted by atomic mass is 10.1. The Morgan fingerprint density at radius 1 is 1.06 bits per heavy atom. The van der Waals surface area contributed by atoms with Gasteiger partial charge in [0.1, 0.15) is 11.9 Å². The van der Waals surface area contributed by atoms with Crippen LogP contribution in [0.4, 0.5) is 14.4 Å². The minimum Gasteiger partial charge on any atom is -0.444 e. The lowest BCUT2D eigenvalue weighted by Crippen LogP contribution is -2.50. The van der Waals surface area contributed by atoms with Gasteiger partial charge in [0.2, 0.25) is 0 Å². The number of halogens is 1. The Labute approximate surface area is 195 Å². The van der Waals surface area contributed by atoms with E-state index in [1.165, 1.54) is 10.3 Å². The van der Waals surface area contributed by atoms with Crippen molar-refractivity contribution in [3.05, 3.63) is 49.1 Å². The van der Waals surface area contributed by atoms with E-state index in [1.54, 1.807) is 4.90 Å². The van der Waals surface area contributed by atoms with Gasteiger partial charge in [-0.15, -0.1) is 3.89 Å². The number of piperazine rings is 1. The predicted octanol–water partition coefficient (Wildman–Crippen LogP) is 4.79. The van der Waals surface area contributed by atoms with Gasteiger partial charge in [-0.2, -0.15) is 5.10 Å². The molecule has 1 fully saturated rings. The second kappa shape index (κ2) is 8.26. The van der Waals surface area contributed by atoms with Gasteiger partial charge >= 0.3 is 6.09 Å². The monoisotopic (exact) mass is 468 g/mol. The number of carbonyl (C=O) groups is 1. The standard InChI is InChI=1S/C23H25FN6O2S/c1-23(2,3)32-22(31)28-10-8-27(9-11-28)21-13-26-29-14-17(5-7-19(21)29)16-4-6-18-20(12-16)30(33-24)15-25-18/h4-7,12-15H,8-11H2,1-3H3. The fraction of sp³-hybridized carbons (Fsp3) is 0.348. The third kappa shape index (κ3) is 4.22. The summed E-state index contributed by atoms with van der Waals surface area (Å²) in [6.07, 6.45) is 5.04. The molecule has 1 amide bonds. The quantitative estimate of drug-likeness (QED) is 0.431. The largest absolute Gasteiger partial charge is 0.444 e. The number of amides is 1. The van der Waals surface area contributed by atoms with Crippen LogP contribution in [0.2, 0.25) is 0 Å². The number of aromatic nitrogens is 4. The van der Waals surface area contributed by atoms with Crippen LogP contribution in [-0.4, -0.2) is 61.3 Å². The molecule has 1 saturated heterocycles. The fourth-order valence-electron chi connectivity index (χ4n) is 4.06. The van der Waals surface area contributed by atoms with Crippen molar-refractivity contribution in [2.24, 2.45) is 0 Å². The zero-order valence-corrected chi connectivity index (χ0v) is 19.5. The molecule has 0 unspecified atom stereocenters. The van der Waals surface area contributed by atoms with Gasteiger partial charge in [-0.3, -0.25) is 0 Å². The van der Waals surface area contributed by atoms with Gasteiger partial charge in [0.25, 0.3) is 0 Å². The van der Waals surface area contributed by atoms with Crippen molar-refractivity contribution >= 4 is 40.7 Å². The van der Waals surface area contributed by atoms with Crippen molar-refractivity contribution < 1.29 is 13.4 Å². The topological polar surface area (TPSA) is 67.9 Å². The molecule has 33 heavy (non-hydrogen) atoms. The van der Waals surface area contributed by atoms with Crippen molar-refractivity contribution in [1.29, 1.82) is 0 Å². The summed E-state index contributed by atoms with van der Waals surface area (Å²) in [7, 11) is 0. The molecule has 1 aliphatic rings. The smallest absolute Gasteiger partial charge is 0.410 e. The van der Waals surface area contributed by atoms with Crippen molar-refractivity contribution in [3.8, 4) is 11.1 Å². The Kier molecular flexibility index (Phi) is 5.40. The Hall–Kier alpha value is -3.27. The number of hydrogen-bond acceptors (Lipinski definition) is 6. The van der Waals surface area contributed by atoms with E-state index in [0.29, 0.717) is 26.2 Å². The molecule has 0 saturated carbocycles. The van der Waals surface area contributed by atoms with Gasteiger partial charge in [-0.1, -0.05) is 12.1 Å². The number of carbonyl (C=O) groups excluding carboxylic acids is 1. The van der Waals surface area contributed by atoms with Crippen molar-refractivity contribution in [2.75, 3.05) is 31.1 Å². The molecule has 0 spiro atoms. The second-order valence-electron chi connectivity index (χ2n) is 9.07. The zero-order chi connectivity index (χ0) is 23.2. The van der Waals surface area contributed by atoms with Gasteiger partial charge in [0.15, 0.2) is 12.3 Å². The molecule has 1 aromatic carbocycles. The molecule has 5 rings (SSSR count). The molecular formula is C23H25FN6O2S. The van der Waals surface area contributed by atoms with Crippen LogP contribution in [0.1, 0.15) is 20.8 Å². The van der Waals surface area contributed by atoms with Gasteiger partial charge < -0.3 is 14.5 Å². The highest BCUT2D eigenvalue weighted by atomic mass is 32.2. The van der Waals surface area contributed by atoms with Gasteiger partial charge in [0.05, 0.1) is 28.4 Å². The number of anilines is 1. The van der Waals surface area contributed by atoms with Crippen LogP contribution < -0.4 is 4.90 Å². The number of nitrogens with zero attached hydrogens (tertiary/aromatic N) is 6. The molecular weight excluding hydrogens is 443 g/mol. The number of fused-ring (bicyclic) bond motifs is 2. The first-order valence-corrected chi connectivity index (χ1v) is 11.5. The van der Waals surface area contributed by atoms with E-state index in [-0.39, 0.29) is 18.4 Å². The molecule has 0 bridgehead atoms. The predicted molar refractivity (Wildman–Crippen MR) is 128 cm³/mol. The van der Waals surface area contributed by atoms with Gasteiger partial charge in [-0.25, -0.2) is 18.3 Å². The third-order valence-corrected chi connectivity index (χ3v) is 6.13. The van der Waals surface area contributed by atoms with Crippen molar-refractivity contribution in [3.63, 3.8) is 0 Å². The molecule has 0 N–H and O–H groups in total. The summed E-state index contributed by atoms with van der Waals surface area (Å²) < 4.78 is 21.9. The Balaban J connectivity index is 1.35. The maximum atomic E-state index is 13.1. The number of ether oxygens (including phenoxy) is 1. The second-order valence-corrected chi connectivity index (χ2v) is 9.61. The molecule has 172 valence electrons. The van der Waals surface area contributed by atoms with E-state index in [1.807, 2.05) is 68.0 Å². The fourth-order valence-corrected chi connectivity index (χ4v) is 4.37. The van der Waals surface area contributed by atoms with Crippen molar-refractivity contribution in [2.45, 2.75) is 26.4 Å². The van der Waals surface area contributed by atoms with Gasteiger partial charge in [-0.05, 0) is 44.5 Å². The highest BCUT2D eigenvalue weighted by Gasteiger charge is 2.27.